The summed E-state index contributed by atoms with van der Waals surface area (Å²) in [6, 6.07) is 11.1. The molecule has 1 atom stereocenters. The highest BCUT2D eigenvalue weighted by molar-refractivity contribution is 5.95. The molecule has 1 saturated heterocycles. The van der Waals surface area contributed by atoms with Crippen LogP contribution in [-0.4, -0.2) is 52.9 Å². The molecule has 2 aliphatic heterocycles. The minimum absolute atomic E-state index is 0.0161. The lowest BCUT2D eigenvalue weighted by molar-refractivity contribution is -0.274. The molecule has 2 amide bonds. The highest BCUT2D eigenvalue weighted by atomic mass is 19.4. The number of phenolic OH excluding ortho intramolecular Hbond substituents is 1. The van der Waals surface area contributed by atoms with Crippen molar-refractivity contribution in [3.05, 3.63) is 71.4 Å². The number of hydrogen-bond acceptors (Lipinski definition) is 5. The van der Waals surface area contributed by atoms with Gasteiger partial charge >= 0.3 is 12.5 Å². The van der Waals surface area contributed by atoms with E-state index in [0.29, 0.717) is 30.8 Å². The monoisotopic (exact) mass is 448 g/mol. The number of rotatable bonds is 4. The van der Waals surface area contributed by atoms with Gasteiger partial charge in [0.05, 0.1) is 0 Å². The number of alkyl halides is 3. The molecule has 168 valence electrons. The van der Waals surface area contributed by atoms with Crippen molar-refractivity contribution < 1.29 is 37.3 Å². The molecule has 0 bridgehead atoms. The number of likely N-dealkylation sites (tertiary alicyclic amines) is 1. The minimum atomic E-state index is -4.76. The lowest BCUT2D eigenvalue weighted by Gasteiger charge is -2.19. The number of hydrogen-bond donors (Lipinski definition) is 1. The second-order valence-corrected chi connectivity index (χ2v) is 7.53. The van der Waals surface area contributed by atoms with Crippen molar-refractivity contribution >= 4 is 12.0 Å². The summed E-state index contributed by atoms with van der Waals surface area (Å²) in [5.74, 6) is -0.433. The molecule has 10 heteroatoms. The van der Waals surface area contributed by atoms with E-state index in [0.717, 1.165) is 17.7 Å². The van der Waals surface area contributed by atoms with Gasteiger partial charge in [-0.3, -0.25) is 4.79 Å². The van der Waals surface area contributed by atoms with Crippen molar-refractivity contribution in [2.75, 3.05) is 19.6 Å². The van der Waals surface area contributed by atoms with E-state index < -0.39 is 12.5 Å². The molecule has 0 radical (unpaired) electrons. The molecule has 0 spiro atoms. The molecule has 2 aromatic carbocycles. The first-order chi connectivity index (χ1) is 15.2. The Hall–Kier alpha value is -3.69. The summed E-state index contributed by atoms with van der Waals surface area (Å²) in [5.41, 5.74) is 1.93. The summed E-state index contributed by atoms with van der Waals surface area (Å²) in [6.45, 7) is 1.10. The van der Waals surface area contributed by atoms with E-state index in [1.54, 1.807) is 23.2 Å². The molecule has 0 unspecified atom stereocenters. The number of halogens is 3. The van der Waals surface area contributed by atoms with E-state index in [1.165, 1.54) is 29.2 Å². The fourth-order valence-electron chi connectivity index (χ4n) is 3.68. The summed E-state index contributed by atoms with van der Waals surface area (Å²) >= 11 is 0. The first-order valence-corrected chi connectivity index (χ1v) is 9.75. The fraction of sp³-hybridized carbons (Fsp3) is 0.273. The smallest absolute Gasteiger partial charge is 0.508 e. The molecule has 4 rings (SSSR count). The van der Waals surface area contributed by atoms with Crippen LogP contribution in [0, 0.1) is 5.92 Å². The number of carbonyl (C=O) groups excluding carboxylic acids is 2. The van der Waals surface area contributed by atoms with Crippen LogP contribution in [0.25, 0.3) is 0 Å². The molecule has 1 fully saturated rings. The highest BCUT2D eigenvalue weighted by Gasteiger charge is 2.38. The zero-order valence-corrected chi connectivity index (χ0v) is 16.7. The summed E-state index contributed by atoms with van der Waals surface area (Å²) in [4.78, 5) is 28.1. The van der Waals surface area contributed by atoms with Crippen LogP contribution in [-0.2, 0) is 11.3 Å². The van der Waals surface area contributed by atoms with Crippen LogP contribution in [0.5, 0.6) is 11.5 Å². The number of carbonyl (C=O) groups is 2. The van der Waals surface area contributed by atoms with Gasteiger partial charge in [-0.1, -0.05) is 12.1 Å². The van der Waals surface area contributed by atoms with Crippen LogP contribution in [0.3, 0.4) is 0 Å². The number of phenols is 1. The molecule has 32 heavy (non-hydrogen) atoms. The van der Waals surface area contributed by atoms with Crippen LogP contribution in [0.1, 0.15) is 15.9 Å². The van der Waals surface area contributed by atoms with Crippen LogP contribution < -0.4 is 4.74 Å². The topological polar surface area (TPSA) is 79.3 Å². The number of fused-ring (bicyclic) bond motifs is 1. The van der Waals surface area contributed by atoms with Crippen molar-refractivity contribution in [1.29, 1.82) is 0 Å². The highest BCUT2D eigenvalue weighted by Crippen LogP contribution is 2.31. The van der Waals surface area contributed by atoms with E-state index in [2.05, 4.69) is 4.74 Å². The predicted molar refractivity (Wildman–Crippen MR) is 106 cm³/mol. The summed E-state index contributed by atoms with van der Waals surface area (Å²) in [5, 5.41) is 9.35. The Morgan fingerprint density at radius 2 is 1.72 bits per heavy atom. The molecule has 0 saturated carbocycles. The standard InChI is InChI=1S/C22H19F3N2O5/c23-22(24,25)32-19-7-1-14(2-8-19)13-31-21(30)27-11-16-9-26(10-17(16)12-27)20(29)15-3-5-18(28)6-4-15/h1-9,17,28H,10-13H2/t17-/m0/s1. The summed E-state index contributed by atoms with van der Waals surface area (Å²) < 4.78 is 45.7. The van der Waals surface area contributed by atoms with Gasteiger partial charge in [-0.05, 0) is 47.5 Å². The fourth-order valence-corrected chi connectivity index (χ4v) is 3.68. The SMILES string of the molecule is O=C(c1ccc(O)cc1)N1C=C2CN(C(=O)OCc3ccc(OC(F)(F)F)cc3)C[C@@H]2C1. The van der Waals surface area contributed by atoms with Crippen LogP contribution >= 0.6 is 0 Å². The average molecular weight is 448 g/mol. The van der Waals surface area contributed by atoms with Gasteiger partial charge in [0, 0.05) is 37.3 Å². The number of ether oxygens (including phenoxy) is 2. The van der Waals surface area contributed by atoms with E-state index in [-0.39, 0.29) is 29.9 Å². The maximum Gasteiger partial charge on any atom is 0.573 e. The Labute approximate surface area is 181 Å². The number of amides is 2. The normalized spacial score (nSPS) is 17.7. The molecule has 7 nitrogen and oxygen atoms in total. The summed E-state index contributed by atoms with van der Waals surface area (Å²) in [7, 11) is 0. The van der Waals surface area contributed by atoms with Gasteiger partial charge in [0.2, 0.25) is 0 Å². The van der Waals surface area contributed by atoms with E-state index in [9.17, 15) is 27.9 Å². The van der Waals surface area contributed by atoms with Gasteiger partial charge in [-0.25, -0.2) is 4.79 Å². The number of nitrogens with zero attached hydrogens (tertiary/aromatic N) is 2. The lowest BCUT2D eigenvalue weighted by atomic mass is 10.1. The van der Waals surface area contributed by atoms with E-state index >= 15 is 0 Å². The van der Waals surface area contributed by atoms with Crippen molar-refractivity contribution in [2.45, 2.75) is 13.0 Å². The van der Waals surface area contributed by atoms with Gasteiger partial charge in [0.25, 0.3) is 5.91 Å². The van der Waals surface area contributed by atoms with Gasteiger partial charge < -0.3 is 24.4 Å². The van der Waals surface area contributed by atoms with Crippen molar-refractivity contribution in [3.63, 3.8) is 0 Å². The zero-order valence-electron chi connectivity index (χ0n) is 16.7. The Bertz CT molecular complexity index is 1040. The van der Waals surface area contributed by atoms with Gasteiger partial charge in [-0.15, -0.1) is 13.2 Å². The second-order valence-electron chi connectivity index (χ2n) is 7.53. The third-order valence-electron chi connectivity index (χ3n) is 5.23. The van der Waals surface area contributed by atoms with Gasteiger partial charge in [0.1, 0.15) is 18.1 Å². The molecule has 2 aromatic rings. The Morgan fingerprint density at radius 3 is 2.34 bits per heavy atom. The first-order valence-electron chi connectivity index (χ1n) is 9.75. The Morgan fingerprint density at radius 1 is 1.03 bits per heavy atom. The molecular formula is C22H19F3N2O5. The minimum Gasteiger partial charge on any atom is -0.508 e. The number of benzene rings is 2. The van der Waals surface area contributed by atoms with Gasteiger partial charge in [-0.2, -0.15) is 0 Å². The predicted octanol–water partition coefficient (Wildman–Crippen LogP) is 3.90. The first kappa shape index (κ1) is 21.5. The molecule has 0 aliphatic carbocycles. The molecule has 1 N–H and O–H groups in total. The Kier molecular flexibility index (Phi) is 5.68. The molecular weight excluding hydrogens is 429 g/mol. The van der Waals surface area contributed by atoms with Gasteiger partial charge in [0.15, 0.2) is 0 Å². The maximum atomic E-state index is 12.6. The van der Waals surface area contributed by atoms with Crippen molar-refractivity contribution in [2.24, 2.45) is 5.92 Å². The van der Waals surface area contributed by atoms with E-state index in [4.69, 9.17) is 4.74 Å². The Balaban J connectivity index is 1.29. The van der Waals surface area contributed by atoms with E-state index in [1.807, 2.05) is 0 Å². The second kappa shape index (κ2) is 8.45. The quantitative estimate of drug-likeness (QED) is 0.768. The molecule has 2 aliphatic rings. The zero-order chi connectivity index (χ0) is 22.9. The lowest BCUT2D eigenvalue weighted by Crippen LogP contribution is -2.33. The largest absolute Gasteiger partial charge is 0.573 e. The van der Waals surface area contributed by atoms with Crippen molar-refractivity contribution in [3.8, 4) is 11.5 Å². The molecule has 0 aromatic heterocycles. The summed E-state index contributed by atoms with van der Waals surface area (Å²) in [6.07, 6.45) is -3.56. The van der Waals surface area contributed by atoms with Crippen molar-refractivity contribution in [1.82, 2.24) is 9.80 Å². The average Bonchev–Trinajstić information content (AvgIpc) is 3.31. The third kappa shape index (κ3) is 4.96. The van der Waals surface area contributed by atoms with Crippen LogP contribution in [0.4, 0.5) is 18.0 Å². The van der Waals surface area contributed by atoms with Crippen LogP contribution in [0.2, 0.25) is 0 Å². The third-order valence-corrected chi connectivity index (χ3v) is 5.23. The maximum absolute atomic E-state index is 12.6. The van der Waals surface area contributed by atoms with Crippen LogP contribution in [0.15, 0.2) is 60.3 Å². The molecule has 2 heterocycles. The number of aromatic hydroxyl groups is 1.